The maximum absolute atomic E-state index is 8.74. The van der Waals surface area contributed by atoms with Gasteiger partial charge in [0.05, 0.1) is 0 Å². The van der Waals surface area contributed by atoms with Crippen molar-refractivity contribution in [3.8, 4) is 6.07 Å². The molecule has 0 amide bonds. The number of hydrogen-bond donors (Lipinski definition) is 0. The summed E-state index contributed by atoms with van der Waals surface area (Å²) in [6, 6.07) is 5.92. The van der Waals surface area contributed by atoms with Crippen molar-refractivity contribution in [3.63, 3.8) is 0 Å². The predicted octanol–water partition coefficient (Wildman–Crippen LogP) is 0.655. The topological polar surface area (TPSA) is 50.8 Å². The smallest absolute Gasteiger partial charge is 0.143 e. The van der Waals surface area contributed by atoms with Crippen LogP contribution in [0.15, 0.2) is 18.3 Å². The molecule has 1 aliphatic heterocycles. The minimum absolute atomic E-state index is 0.438. The Labute approximate surface area is 71.0 Å². The molecule has 1 aromatic heterocycles. The van der Waals surface area contributed by atoms with Crippen molar-refractivity contribution in [1.82, 2.24) is 10.3 Å². The molecule has 1 fully saturated rings. The lowest BCUT2D eigenvalue weighted by Gasteiger charge is -2.25. The van der Waals surface area contributed by atoms with Crippen molar-refractivity contribution in [1.29, 1.82) is 5.26 Å². The molecule has 0 aromatic carbocycles. The second-order valence-electron chi connectivity index (χ2n) is 2.84. The maximum atomic E-state index is 8.74. The molecule has 1 aromatic rings. The van der Waals surface area contributed by atoms with Crippen LogP contribution in [0.25, 0.3) is 0 Å². The van der Waals surface area contributed by atoms with Gasteiger partial charge in [-0.3, -0.25) is 0 Å². The Morgan fingerprint density at radius 2 is 2.33 bits per heavy atom. The van der Waals surface area contributed by atoms with E-state index in [0.29, 0.717) is 11.6 Å². The molecule has 59 valence electrons. The molecule has 0 atom stereocenters. The number of pyridine rings is 1. The summed E-state index contributed by atoms with van der Waals surface area (Å²) in [7, 11) is 0. The van der Waals surface area contributed by atoms with Crippen molar-refractivity contribution in [2.75, 3.05) is 13.1 Å². The molecule has 12 heavy (non-hydrogen) atoms. The highest BCUT2D eigenvalue weighted by atomic mass is 14.9. The van der Waals surface area contributed by atoms with E-state index in [9.17, 15) is 0 Å². The first kappa shape index (κ1) is 7.26. The van der Waals surface area contributed by atoms with E-state index in [-0.39, 0.29) is 0 Å². The monoisotopic (exact) mass is 158 g/mol. The van der Waals surface area contributed by atoms with Crippen LogP contribution in [0.3, 0.4) is 0 Å². The summed E-state index contributed by atoms with van der Waals surface area (Å²) in [4.78, 5) is 4.00. The van der Waals surface area contributed by atoms with Gasteiger partial charge in [-0.15, -0.1) is 0 Å². The highest BCUT2D eigenvalue weighted by molar-refractivity contribution is 5.35. The normalized spacial score (nSPS) is 16.6. The zero-order valence-electron chi connectivity index (χ0n) is 6.57. The van der Waals surface area contributed by atoms with E-state index in [1.54, 1.807) is 6.20 Å². The molecule has 2 rings (SSSR count). The molecule has 0 unspecified atom stereocenters. The molecular weight excluding hydrogens is 150 g/mol. The summed E-state index contributed by atoms with van der Waals surface area (Å²) in [5.41, 5.74) is 1.60. The fourth-order valence-corrected chi connectivity index (χ4v) is 1.30. The SMILES string of the molecule is N#Cc1ncccc1C1C[N]C1. The first-order valence-electron chi connectivity index (χ1n) is 3.90. The van der Waals surface area contributed by atoms with Crippen molar-refractivity contribution in [2.24, 2.45) is 0 Å². The van der Waals surface area contributed by atoms with E-state index in [1.165, 1.54) is 0 Å². The number of aromatic nitrogens is 1. The molecule has 0 aliphatic carbocycles. The highest BCUT2D eigenvalue weighted by Crippen LogP contribution is 2.22. The molecule has 3 nitrogen and oxygen atoms in total. The Bertz CT molecular complexity index is 323. The van der Waals surface area contributed by atoms with Gasteiger partial charge in [0.15, 0.2) is 0 Å². The van der Waals surface area contributed by atoms with Crippen molar-refractivity contribution in [2.45, 2.75) is 5.92 Å². The Morgan fingerprint density at radius 1 is 1.50 bits per heavy atom. The fraction of sp³-hybridized carbons (Fsp3) is 0.333. The van der Waals surface area contributed by atoms with Crippen LogP contribution >= 0.6 is 0 Å². The Balaban J connectivity index is 2.35. The summed E-state index contributed by atoms with van der Waals surface area (Å²) in [6.07, 6.45) is 1.65. The van der Waals surface area contributed by atoms with Crippen LogP contribution < -0.4 is 5.32 Å². The van der Waals surface area contributed by atoms with Gasteiger partial charge >= 0.3 is 0 Å². The molecule has 0 spiro atoms. The van der Waals surface area contributed by atoms with Gasteiger partial charge in [0.2, 0.25) is 0 Å². The third-order valence-corrected chi connectivity index (χ3v) is 2.08. The Kier molecular flexibility index (Phi) is 1.77. The minimum Gasteiger partial charge on any atom is -0.245 e. The third-order valence-electron chi connectivity index (χ3n) is 2.08. The van der Waals surface area contributed by atoms with Gasteiger partial charge in [0.25, 0.3) is 0 Å². The highest BCUT2D eigenvalue weighted by Gasteiger charge is 2.22. The summed E-state index contributed by atoms with van der Waals surface area (Å²) in [5.74, 6) is 0.438. The number of nitriles is 1. The van der Waals surface area contributed by atoms with E-state index in [1.807, 2.05) is 12.1 Å². The lowest BCUT2D eigenvalue weighted by molar-refractivity contribution is 0.436. The average molecular weight is 158 g/mol. The van der Waals surface area contributed by atoms with Gasteiger partial charge in [-0.25, -0.2) is 10.3 Å². The zero-order chi connectivity index (χ0) is 8.39. The molecule has 0 saturated carbocycles. The van der Waals surface area contributed by atoms with Crippen LogP contribution in [0.1, 0.15) is 17.2 Å². The molecule has 2 heterocycles. The molecular formula is C9H8N3. The lowest BCUT2D eigenvalue weighted by Crippen LogP contribution is -2.34. The largest absolute Gasteiger partial charge is 0.245 e. The molecule has 1 aliphatic rings. The Hall–Kier alpha value is -1.40. The summed E-state index contributed by atoms with van der Waals surface area (Å²) >= 11 is 0. The maximum Gasteiger partial charge on any atom is 0.143 e. The third kappa shape index (κ3) is 1.06. The zero-order valence-corrected chi connectivity index (χ0v) is 6.57. The van der Waals surface area contributed by atoms with Gasteiger partial charge in [0.1, 0.15) is 11.8 Å². The van der Waals surface area contributed by atoms with Crippen molar-refractivity contribution >= 4 is 0 Å². The standard InChI is InChI=1S/C9H8N3/c10-4-9-8(2-1-3-12-9)7-5-11-6-7/h1-3,7H,5-6H2. The predicted molar refractivity (Wildman–Crippen MR) is 43.6 cm³/mol. The fourth-order valence-electron chi connectivity index (χ4n) is 1.30. The van der Waals surface area contributed by atoms with Crippen LogP contribution in [0.2, 0.25) is 0 Å². The summed E-state index contributed by atoms with van der Waals surface area (Å²) in [6.45, 7) is 1.70. The van der Waals surface area contributed by atoms with Crippen LogP contribution in [0.5, 0.6) is 0 Å². The summed E-state index contributed by atoms with van der Waals surface area (Å²) in [5, 5.41) is 12.9. The second-order valence-corrected chi connectivity index (χ2v) is 2.84. The lowest BCUT2D eigenvalue weighted by atomic mass is 9.93. The average Bonchev–Trinajstić information content (AvgIpc) is 2.02. The molecule has 1 radical (unpaired) electrons. The van der Waals surface area contributed by atoms with Crippen LogP contribution in [0.4, 0.5) is 0 Å². The van der Waals surface area contributed by atoms with E-state index in [2.05, 4.69) is 16.4 Å². The molecule has 1 saturated heterocycles. The van der Waals surface area contributed by atoms with Crippen LogP contribution in [-0.2, 0) is 0 Å². The number of hydrogen-bond acceptors (Lipinski definition) is 2. The van der Waals surface area contributed by atoms with E-state index < -0.39 is 0 Å². The summed E-state index contributed by atoms with van der Waals surface area (Å²) < 4.78 is 0. The van der Waals surface area contributed by atoms with E-state index >= 15 is 0 Å². The van der Waals surface area contributed by atoms with Crippen LogP contribution in [0, 0.1) is 11.3 Å². The quantitative estimate of drug-likeness (QED) is 0.602. The van der Waals surface area contributed by atoms with E-state index in [0.717, 1.165) is 18.7 Å². The number of rotatable bonds is 1. The first-order chi connectivity index (χ1) is 5.92. The van der Waals surface area contributed by atoms with Gasteiger partial charge in [-0.2, -0.15) is 5.26 Å². The van der Waals surface area contributed by atoms with Gasteiger partial charge < -0.3 is 0 Å². The van der Waals surface area contributed by atoms with Crippen molar-refractivity contribution < 1.29 is 0 Å². The minimum atomic E-state index is 0.438. The van der Waals surface area contributed by atoms with E-state index in [4.69, 9.17) is 5.26 Å². The Morgan fingerprint density at radius 3 is 2.92 bits per heavy atom. The van der Waals surface area contributed by atoms with Gasteiger partial charge in [0, 0.05) is 25.2 Å². The molecule has 3 heteroatoms. The van der Waals surface area contributed by atoms with Crippen LogP contribution in [-0.4, -0.2) is 18.1 Å². The van der Waals surface area contributed by atoms with Crippen molar-refractivity contribution in [3.05, 3.63) is 29.6 Å². The number of nitrogens with zero attached hydrogens (tertiary/aromatic N) is 3. The first-order valence-corrected chi connectivity index (χ1v) is 3.90. The van der Waals surface area contributed by atoms with Gasteiger partial charge in [-0.05, 0) is 11.6 Å². The molecule has 0 bridgehead atoms. The molecule has 0 N–H and O–H groups in total. The second kappa shape index (κ2) is 2.92. The van der Waals surface area contributed by atoms with Gasteiger partial charge in [-0.1, -0.05) is 6.07 Å².